The van der Waals surface area contributed by atoms with E-state index in [2.05, 4.69) is 28.5 Å². The molecular formula is C29H35F2N3O5. The van der Waals surface area contributed by atoms with Crippen LogP contribution in [0.5, 0.6) is 0 Å². The van der Waals surface area contributed by atoms with E-state index in [0.29, 0.717) is 17.7 Å². The van der Waals surface area contributed by atoms with Crippen LogP contribution in [0.1, 0.15) is 49.5 Å². The molecule has 0 aliphatic carbocycles. The fourth-order valence-corrected chi connectivity index (χ4v) is 2.98. The number of carbonyl (C=O) groups excluding carboxylic acids is 3. The molecule has 3 amide bonds. The van der Waals surface area contributed by atoms with Crippen molar-refractivity contribution in [3.63, 3.8) is 0 Å². The van der Waals surface area contributed by atoms with Crippen LogP contribution >= 0.6 is 0 Å². The van der Waals surface area contributed by atoms with Gasteiger partial charge in [-0.3, -0.25) is 10.1 Å². The van der Waals surface area contributed by atoms with Crippen molar-refractivity contribution in [1.82, 2.24) is 5.32 Å². The van der Waals surface area contributed by atoms with Gasteiger partial charge in [0.15, 0.2) is 0 Å². The van der Waals surface area contributed by atoms with Crippen molar-refractivity contribution in [2.75, 3.05) is 11.9 Å². The first-order valence-corrected chi connectivity index (χ1v) is 12.0. The first-order chi connectivity index (χ1) is 18.3. The number of halogens is 2. The van der Waals surface area contributed by atoms with Gasteiger partial charge in [0.1, 0.15) is 23.9 Å². The number of hydrogen-bond donors (Lipinski definition) is 3. The standard InChI is InChI=1S/C24H24F2N2O3.C5H11NO2/c1-17(25)14-20(18(2)26)11-7-13-27-23(29)21-10-6-12-22(15-21)28-24(30)31-16-19-8-4-3-5-9-19;1-5(2,3)8-4(6)7/h3-6,8-10,12,14-15H,1-2,7,11,13,16H2,(H,27,29)(H,28,30);1-3H3,(H2,6,7)/b20-14-;. The Morgan fingerprint density at radius 2 is 1.69 bits per heavy atom. The van der Waals surface area contributed by atoms with Crippen LogP contribution in [-0.4, -0.2) is 30.2 Å². The lowest BCUT2D eigenvalue weighted by molar-refractivity contribution is 0.0599. The molecule has 0 aliphatic heterocycles. The molecule has 0 aliphatic rings. The average Bonchev–Trinajstić information content (AvgIpc) is 2.84. The normalized spacial score (nSPS) is 10.8. The van der Waals surface area contributed by atoms with E-state index in [1.54, 1.807) is 39.0 Å². The summed E-state index contributed by atoms with van der Waals surface area (Å²) in [5.41, 5.74) is 5.97. The molecule has 0 fully saturated rings. The second-order valence-electron chi connectivity index (χ2n) is 9.18. The van der Waals surface area contributed by atoms with E-state index in [-0.39, 0.29) is 31.1 Å². The number of hydrogen-bond acceptors (Lipinski definition) is 5. The van der Waals surface area contributed by atoms with E-state index in [4.69, 9.17) is 10.5 Å². The average molecular weight is 544 g/mol. The van der Waals surface area contributed by atoms with E-state index in [0.717, 1.165) is 11.6 Å². The van der Waals surface area contributed by atoms with Crippen molar-refractivity contribution in [2.45, 2.75) is 45.8 Å². The van der Waals surface area contributed by atoms with Gasteiger partial charge in [-0.2, -0.15) is 0 Å². The van der Waals surface area contributed by atoms with Crippen LogP contribution in [0.2, 0.25) is 0 Å². The lowest BCUT2D eigenvalue weighted by atomic mass is 10.1. The lowest BCUT2D eigenvalue weighted by Crippen LogP contribution is -2.27. The Bertz CT molecular complexity index is 1170. The van der Waals surface area contributed by atoms with Crippen LogP contribution in [0.25, 0.3) is 0 Å². The van der Waals surface area contributed by atoms with Crippen molar-refractivity contribution in [1.29, 1.82) is 0 Å². The molecule has 0 bridgehead atoms. The number of rotatable bonds is 10. The van der Waals surface area contributed by atoms with Crippen molar-refractivity contribution >= 4 is 23.8 Å². The zero-order valence-electron chi connectivity index (χ0n) is 22.4. The summed E-state index contributed by atoms with van der Waals surface area (Å²) in [6.07, 6.45) is 0.209. The smallest absolute Gasteiger partial charge is 0.411 e. The number of anilines is 1. The molecule has 0 aromatic heterocycles. The molecule has 0 saturated heterocycles. The Morgan fingerprint density at radius 3 is 2.23 bits per heavy atom. The summed E-state index contributed by atoms with van der Waals surface area (Å²) in [4.78, 5) is 34.3. The second kappa shape index (κ2) is 16.4. The number of primary amides is 1. The highest BCUT2D eigenvalue weighted by atomic mass is 19.1. The summed E-state index contributed by atoms with van der Waals surface area (Å²) in [5, 5.41) is 5.27. The Balaban J connectivity index is 0.000000824. The van der Waals surface area contributed by atoms with E-state index >= 15 is 0 Å². The van der Waals surface area contributed by atoms with Crippen LogP contribution in [-0.2, 0) is 16.1 Å². The van der Waals surface area contributed by atoms with Gasteiger partial charge in [-0.05, 0) is 69.0 Å². The summed E-state index contributed by atoms with van der Waals surface area (Å²) in [6, 6.07) is 15.6. The van der Waals surface area contributed by atoms with Crippen LogP contribution < -0.4 is 16.4 Å². The first-order valence-electron chi connectivity index (χ1n) is 12.0. The Labute approximate surface area is 227 Å². The van der Waals surface area contributed by atoms with E-state index in [9.17, 15) is 23.2 Å². The number of amides is 3. The fourth-order valence-electron chi connectivity index (χ4n) is 2.98. The van der Waals surface area contributed by atoms with Crippen molar-refractivity contribution in [3.8, 4) is 0 Å². The van der Waals surface area contributed by atoms with E-state index in [1.807, 2.05) is 30.3 Å². The van der Waals surface area contributed by atoms with Gasteiger partial charge in [-0.15, -0.1) is 0 Å². The van der Waals surface area contributed by atoms with Crippen LogP contribution in [0.3, 0.4) is 0 Å². The molecule has 0 saturated carbocycles. The molecule has 8 nitrogen and oxygen atoms in total. The van der Waals surface area contributed by atoms with Gasteiger partial charge in [-0.1, -0.05) is 49.6 Å². The molecule has 10 heteroatoms. The molecule has 4 N–H and O–H groups in total. The predicted molar refractivity (Wildman–Crippen MR) is 147 cm³/mol. The minimum absolute atomic E-state index is 0.0990. The van der Waals surface area contributed by atoms with Gasteiger partial charge in [0.05, 0.1) is 0 Å². The Hall–Kier alpha value is -4.47. The van der Waals surface area contributed by atoms with Gasteiger partial charge in [0, 0.05) is 17.8 Å². The summed E-state index contributed by atoms with van der Waals surface area (Å²) < 4.78 is 35.9. The third kappa shape index (κ3) is 15.4. The maximum atomic E-state index is 13.3. The highest BCUT2D eigenvalue weighted by Gasteiger charge is 2.12. The fraction of sp³-hybridized carbons (Fsp3) is 0.276. The molecule has 0 radical (unpaired) electrons. The number of ether oxygens (including phenoxy) is 2. The van der Waals surface area contributed by atoms with E-state index in [1.165, 1.54) is 6.07 Å². The van der Waals surface area contributed by atoms with Gasteiger partial charge in [0.2, 0.25) is 0 Å². The third-order valence-corrected chi connectivity index (χ3v) is 4.58. The summed E-state index contributed by atoms with van der Waals surface area (Å²) in [6.45, 7) is 11.9. The maximum absolute atomic E-state index is 13.3. The molecule has 0 atom stereocenters. The summed E-state index contributed by atoms with van der Waals surface area (Å²) in [7, 11) is 0. The van der Waals surface area contributed by atoms with Crippen LogP contribution in [0, 0.1) is 0 Å². The van der Waals surface area contributed by atoms with Crippen LogP contribution in [0.4, 0.5) is 24.1 Å². The van der Waals surface area contributed by atoms with Crippen LogP contribution in [0.15, 0.2) is 91.1 Å². The molecular weight excluding hydrogens is 508 g/mol. The highest BCUT2D eigenvalue weighted by molar-refractivity contribution is 5.96. The third-order valence-electron chi connectivity index (χ3n) is 4.58. The monoisotopic (exact) mass is 543 g/mol. The molecule has 2 aromatic carbocycles. The van der Waals surface area contributed by atoms with Gasteiger partial charge in [0.25, 0.3) is 5.91 Å². The predicted octanol–water partition coefficient (Wildman–Crippen LogP) is 6.72. The number of benzene rings is 2. The zero-order chi connectivity index (χ0) is 29.4. The minimum atomic E-state index is -0.760. The molecule has 0 heterocycles. The molecule has 2 rings (SSSR count). The maximum Gasteiger partial charge on any atom is 0.411 e. The molecule has 2 aromatic rings. The SMILES string of the molecule is C=C(F)/C=C(/CCCNC(=O)c1cccc(NC(=O)OCc2ccccc2)c1)C(=C)F.CC(C)(C)OC(N)=O. The zero-order valence-corrected chi connectivity index (χ0v) is 22.4. The summed E-state index contributed by atoms with van der Waals surface area (Å²) >= 11 is 0. The Kier molecular flexibility index (Phi) is 13.7. The van der Waals surface area contributed by atoms with Gasteiger partial charge < -0.3 is 20.5 Å². The molecule has 0 unspecified atom stereocenters. The summed E-state index contributed by atoms with van der Waals surface area (Å²) in [5.74, 6) is -1.85. The number of nitrogens with two attached hydrogens (primary N) is 1. The lowest BCUT2D eigenvalue weighted by Gasteiger charge is -2.16. The second-order valence-corrected chi connectivity index (χ2v) is 9.18. The number of allylic oxidation sites excluding steroid dienone is 4. The number of nitrogens with one attached hydrogen (secondary N) is 2. The van der Waals surface area contributed by atoms with Crippen molar-refractivity contribution in [2.24, 2.45) is 5.73 Å². The molecule has 210 valence electrons. The molecule has 0 spiro atoms. The highest BCUT2D eigenvalue weighted by Crippen LogP contribution is 2.18. The minimum Gasteiger partial charge on any atom is -0.444 e. The van der Waals surface area contributed by atoms with Crippen molar-refractivity contribution < 1.29 is 32.6 Å². The topological polar surface area (TPSA) is 120 Å². The number of carbonyl (C=O) groups is 3. The van der Waals surface area contributed by atoms with Gasteiger partial charge >= 0.3 is 12.2 Å². The quantitative estimate of drug-likeness (QED) is 0.227. The van der Waals surface area contributed by atoms with Crippen molar-refractivity contribution in [3.05, 3.63) is 102 Å². The first kappa shape index (κ1) is 32.6. The van der Waals surface area contributed by atoms with Gasteiger partial charge in [-0.25, -0.2) is 18.4 Å². The largest absolute Gasteiger partial charge is 0.444 e. The Morgan fingerprint density at radius 1 is 1.03 bits per heavy atom. The molecule has 39 heavy (non-hydrogen) atoms. The van der Waals surface area contributed by atoms with E-state index < -0.39 is 29.4 Å².